The molecule has 2 aliphatic rings. The summed E-state index contributed by atoms with van der Waals surface area (Å²) in [5, 5.41) is 13.1. The van der Waals surface area contributed by atoms with Gasteiger partial charge < -0.3 is 9.80 Å². The molecule has 2 heterocycles. The van der Waals surface area contributed by atoms with Crippen molar-refractivity contribution in [2.24, 2.45) is 0 Å². The van der Waals surface area contributed by atoms with Gasteiger partial charge in [-0.3, -0.25) is 0 Å². The summed E-state index contributed by atoms with van der Waals surface area (Å²) in [4.78, 5) is 3.47. The highest BCUT2D eigenvalue weighted by Crippen LogP contribution is 2.29. The summed E-state index contributed by atoms with van der Waals surface area (Å²) in [6.07, 6.45) is 10.3. The van der Waals surface area contributed by atoms with Crippen LogP contribution in [0.2, 0.25) is 0 Å². The Morgan fingerprint density at radius 1 is 1.08 bits per heavy atom. The van der Waals surface area contributed by atoms with E-state index in [4.69, 9.17) is 0 Å². The van der Waals surface area contributed by atoms with E-state index >= 15 is 0 Å². The number of nitrogens with zero attached hydrogens (tertiary/aromatic N) is 4. The monoisotopic (exact) mass is 336 g/mol. The molecular weight excluding hydrogens is 300 g/mol. The minimum Gasteiger partial charge on any atom is -0.326 e. The molecule has 136 valence electrons. The molecule has 0 amide bonds. The van der Waals surface area contributed by atoms with Crippen molar-refractivity contribution in [3.63, 3.8) is 0 Å². The van der Waals surface area contributed by atoms with Crippen molar-refractivity contribution < 1.29 is 9.80 Å². The highest BCUT2D eigenvalue weighted by molar-refractivity contribution is 4.91. The van der Waals surface area contributed by atoms with Crippen molar-refractivity contribution in [3.8, 4) is 0 Å². The smallest absolute Gasteiger partial charge is 0.209 e. The Balaban J connectivity index is 1.75. The molecule has 1 aromatic heterocycles. The van der Waals surface area contributed by atoms with Crippen molar-refractivity contribution in [2.75, 3.05) is 32.7 Å². The first-order valence-corrected chi connectivity index (χ1v) is 10.3. The van der Waals surface area contributed by atoms with Crippen LogP contribution in [0.3, 0.4) is 0 Å². The van der Waals surface area contributed by atoms with Gasteiger partial charge in [-0.1, -0.05) is 32.6 Å². The summed E-state index contributed by atoms with van der Waals surface area (Å²) >= 11 is 0. The Kier molecular flexibility index (Phi) is 6.60. The first-order chi connectivity index (χ1) is 11.8. The Morgan fingerprint density at radius 2 is 1.83 bits per heavy atom. The lowest BCUT2D eigenvalue weighted by molar-refractivity contribution is -1.03. The summed E-state index contributed by atoms with van der Waals surface area (Å²) in [6.45, 7) is 10.9. The molecule has 0 bridgehead atoms. The molecule has 1 saturated carbocycles. The third-order valence-electron chi connectivity index (χ3n) is 6.19. The zero-order valence-corrected chi connectivity index (χ0v) is 15.6. The molecule has 24 heavy (non-hydrogen) atoms. The van der Waals surface area contributed by atoms with Gasteiger partial charge in [-0.25, -0.2) is 4.68 Å². The number of aromatic nitrogens is 4. The van der Waals surface area contributed by atoms with Gasteiger partial charge in [0.1, 0.15) is 32.2 Å². The van der Waals surface area contributed by atoms with E-state index < -0.39 is 0 Å². The van der Waals surface area contributed by atoms with Crippen molar-refractivity contribution >= 4 is 0 Å². The summed E-state index contributed by atoms with van der Waals surface area (Å²) in [7, 11) is 0. The van der Waals surface area contributed by atoms with E-state index in [0.29, 0.717) is 12.1 Å². The van der Waals surface area contributed by atoms with E-state index in [1.165, 1.54) is 89.9 Å². The molecule has 0 aromatic carbocycles. The second-order valence-corrected chi connectivity index (χ2v) is 7.73. The molecular formula is C18H36N6+2. The van der Waals surface area contributed by atoms with Crippen LogP contribution in [0.4, 0.5) is 0 Å². The number of hydrogen-bond acceptors (Lipinski definition) is 3. The maximum Gasteiger partial charge on any atom is 0.209 e. The fourth-order valence-electron chi connectivity index (χ4n) is 4.57. The van der Waals surface area contributed by atoms with Crippen molar-refractivity contribution in [2.45, 2.75) is 77.3 Å². The molecule has 1 aromatic rings. The summed E-state index contributed by atoms with van der Waals surface area (Å²) in [5.74, 6) is 1.17. The lowest BCUT2D eigenvalue weighted by Crippen LogP contribution is -3.28. The van der Waals surface area contributed by atoms with Crippen LogP contribution < -0.4 is 9.80 Å². The van der Waals surface area contributed by atoms with Crippen LogP contribution in [-0.4, -0.2) is 52.9 Å². The lowest BCUT2D eigenvalue weighted by Gasteiger charge is -2.34. The number of unbranched alkanes of at least 4 members (excludes halogenated alkanes) is 1. The number of likely N-dealkylation sites (N-methyl/N-ethyl adjacent to an activating group) is 1. The van der Waals surface area contributed by atoms with Crippen molar-refractivity contribution in [1.29, 1.82) is 0 Å². The Bertz CT molecular complexity index is 474. The minimum atomic E-state index is 0.486. The number of piperazine rings is 1. The molecule has 1 saturated heterocycles. The number of nitrogens with one attached hydrogen (secondary N) is 2. The third kappa shape index (κ3) is 4.14. The molecule has 1 aliphatic carbocycles. The van der Waals surface area contributed by atoms with Crippen molar-refractivity contribution in [1.82, 2.24) is 20.2 Å². The summed E-state index contributed by atoms with van der Waals surface area (Å²) in [6, 6.07) is 1.02. The van der Waals surface area contributed by atoms with E-state index in [1.807, 2.05) is 0 Å². The summed E-state index contributed by atoms with van der Waals surface area (Å²) < 4.78 is 2.21. The molecule has 0 unspecified atom stereocenters. The fourth-order valence-corrected chi connectivity index (χ4v) is 4.57. The molecule has 6 nitrogen and oxygen atoms in total. The molecule has 2 fully saturated rings. The van der Waals surface area contributed by atoms with Gasteiger partial charge in [-0.05, 0) is 36.6 Å². The topological polar surface area (TPSA) is 52.5 Å². The van der Waals surface area contributed by atoms with E-state index in [9.17, 15) is 0 Å². The van der Waals surface area contributed by atoms with Crippen LogP contribution in [0.25, 0.3) is 0 Å². The van der Waals surface area contributed by atoms with Gasteiger partial charge in [-0.15, -0.1) is 5.10 Å². The predicted octanol–water partition coefficient (Wildman–Crippen LogP) is 0.213. The maximum absolute atomic E-state index is 4.53. The number of hydrogen-bond donors (Lipinski definition) is 2. The standard InChI is InChI=1S/C18H34N6/c1-3-5-11-17(23-14-12-22(4-2)13-15-23)18-19-20-21-24(18)16-9-7-6-8-10-16/h16-17H,3-15H2,1-2H3/p+2/t17-/m0/s1. The minimum absolute atomic E-state index is 0.486. The number of quaternary nitrogens is 2. The lowest BCUT2D eigenvalue weighted by atomic mass is 9.95. The largest absolute Gasteiger partial charge is 0.326 e. The normalized spacial score (nSPS) is 27.2. The van der Waals surface area contributed by atoms with Crippen LogP contribution in [-0.2, 0) is 0 Å². The van der Waals surface area contributed by atoms with E-state index in [-0.39, 0.29) is 0 Å². The third-order valence-corrected chi connectivity index (χ3v) is 6.19. The second-order valence-electron chi connectivity index (χ2n) is 7.73. The number of tetrazole rings is 1. The van der Waals surface area contributed by atoms with Gasteiger partial charge in [0.15, 0.2) is 0 Å². The zero-order valence-electron chi connectivity index (χ0n) is 15.6. The van der Waals surface area contributed by atoms with Crippen LogP contribution >= 0.6 is 0 Å². The Hall–Kier alpha value is -1.01. The van der Waals surface area contributed by atoms with E-state index in [0.717, 1.165) is 0 Å². The predicted molar refractivity (Wildman–Crippen MR) is 94.1 cm³/mol. The van der Waals surface area contributed by atoms with Crippen LogP contribution in [0.5, 0.6) is 0 Å². The SMILES string of the molecule is CCCC[C@@H](c1nnnn1C1CCCCC1)[NH+]1CC[NH+](CC)CC1. The zero-order chi connectivity index (χ0) is 16.8. The van der Waals surface area contributed by atoms with Gasteiger partial charge in [0.25, 0.3) is 0 Å². The van der Waals surface area contributed by atoms with Crippen LogP contribution in [0, 0.1) is 0 Å². The Labute approximate surface area is 146 Å². The maximum atomic E-state index is 4.53. The molecule has 1 atom stereocenters. The molecule has 6 heteroatoms. The van der Waals surface area contributed by atoms with E-state index in [1.54, 1.807) is 9.80 Å². The first-order valence-electron chi connectivity index (χ1n) is 10.3. The number of rotatable bonds is 7. The Morgan fingerprint density at radius 3 is 2.50 bits per heavy atom. The van der Waals surface area contributed by atoms with E-state index in [2.05, 4.69) is 34.1 Å². The molecule has 3 rings (SSSR count). The van der Waals surface area contributed by atoms with Gasteiger partial charge in [0.05, 0.1) is 12.6 Å². The highest BCUT2D eigenvalue weighted by atomic mass is 15.6. The van der Waals surface area contributed by atoms with Crippen LogP contribution in [0.15, 0.2) is 0 Å². The van der Waals surface area contributed by atoms with Gasteiger partial charge in [-0.2, -0.15) is 0 Å². The molecule has 0 radical (unpaired) electrons. The highest BCUT2D eigenvalue weighted by Gasteiger charge is 2.34. The molecule has 0 spiro atoms. The molecule has 1 aliphatic heterocycles. The van der Waals surface area contributed by atoms with Gasteiger partial charge in [0, 0.05) is 6.42 Å². The first kappa shape index (κ1) is 17.8. The summed E-state index contributed by atoms with van der Waals surface area (Å²) in [5.41, 5.74) is 0. The molecule has 2 N–H and O–H groups in total. The quantitative estimate of drug-likeness (QED) is 0.749. The van der Waals surface area contributed by atoms with Gasteiger partial charge >= 0.3 is 0 Å². The van der Waals surface area contributed by atoms with Crippen LogP contribution in [0.1, 0.15) is 83.1 Å². The van der Waals surface area contributed by atoms with Crippen molar-refractivity contribution in [3.05, 3.63) is 5.82 Å². The average Bonchev–Trinajstić information content (AvgIpc) is 3.13. The van der Waals surface area contributed by atoms with Gasteiger partial charge in [0.2, 0.25) is 5.82 Å². The second kappa shape index (κ2) is 8.90. The average molecular weight is 337 g/mol. The fraction of sp³-hybridized carbons (Fsp3) is 0.944.